The van der Waals surface area contributed by atoms with E-state index in [1.54, 1.807) is 13.4 Å². The molecule has 2 aliphatic heterocycles. The van der Waals surface area contributed by atoms with Crippen molar-refractivity contribution in [2.24, 2.45) is 10.9 Å². The number of nitrogens with zero attached hydrogens (tertiary/aromatic N) is 3. The Morgan fingerprint density at radius 1 is 1.24 bits per heavy atom. The number of furan rings is 1. The number of piperidine rings is 1. The molecule has 0 aliphatic carbocycles. The lowest BCUT2D eigenvalue weighted by Gasteiger charge is -2.32. The van der Waals surface area contributed by atoms with Crippen LogP contribution in [0.15, 0.2) is 27.8 Å². The average molecular weight is 519 g/mol. The van der Waals surface area contributed by atoms with E-state index in [9.17, 15) is 0 Å². The molecule has 1 unspecified atom stereocenters. The first-order valence-corrected chi connectivity index (χ1v) is 10.7. The van der Waals surface area contributed by atoms with Gasteiger partial charge < -0.3 is 24.7 Å². The maximum absolute atomic E-state index is 5.71. The first kappa shape index (κ1) is 24.4. The SMILES string of the molecule is CN=C(NCC1CCN(CCOC)CC1)NCC(c1ccco1)N1CCCC1.I. The molecule has 7 nitrogen and oxygen atoms in total. The Balaban J connectivity index is 0.00000300. The molecule has 2 N–H and O–H groups in total. The molecule has 0 spiro atoms. The summed E-state index contributed by atoms with van der Waals surface area (Å²) in [4.78, 5) is 9.43. The van der Waals surface area contributed by atoms with Gasteiger partial charge in [0.05, 0.1) is 18.9 Å². The van der Waals surface area contributed by atoms with Crippen molar-refractivity contribution in [3.05, 3.63) is 24.2 Å². The number of aliphatic imine (C=N–C) groups is 1. The van der Waals surface area contributed by atoms with Gasteiger partial charge in [-0.15, -0.1) is 24.0 Å². The van der Waals surface area contributed by atoms with E-state index in [4.69, 9.17) is 9.15 Å². The number of nitrogens with one attached hydrogen (secondary N) is 2. The highest BCUT2D eigenvalue weighted by Gasteiger charge is 2.26. The van der Waals surface area contributed by atoms with Crippen molar-refractivity contribution in [3.63, 3.8) is 0 Å². The van der Waals surface area contributed by atoms with Gasteiger partial charge in [-0.3, -0.25) is 9.89 Å². The minimum absolute atomic E-state index is 0. The molecule has 2 fully saturated rings. The summed E-state index contributed by atoms with van der Waals surface area (Å²) in [6.45, 7) is 8.27. The van der Waals surface area contributed by atoms with Crippen LogP contribution in [0.5, 0.6) is 0 Å². The van der Waals surface area contributed by atoms with Crippen molar-refractivity contribution in [1.82, 2.24) is 20.4 Å². The smallest absolute Gasteiger partial charge is 0.191 e. The molecule has 0 bridgehead atoms. The van der Waals surface area contributed by atoms with Gasteiger partial charge in [0.1, 0.15) is 5.76 Å². The largest absolute Gasteiger partial charge is 0.468 e. The molecule has 0 amide bonds. The summed E-state index contributed by atoms with van der Waals surface area (Å²) in [6.07, 6.45) is 6.78. The van der Waals surface area contributed by atoms with Gasteiger partial charge in [-0.25, -0.2) is 0 Å². The molecule has 166 valence electrons. The number of halogens is 1. The van der Waals surface area contributed by atoms with E-state index in [0.29, 0.717) is 5.92 Å². The maximum Gasteiger partial charge on any atom is 0.191 e. The molecule has 1 aromatic heterocycles. The van der Waals surface area contributed by atoms with Gasteiger partial charge in [0.25, 0.3) is 0 Å². The Kier molecular flexibility index (Phi) is 11.3. The molecule has 0 aromatic carbocycles. The summed E-state index contributed by atoms with van der Waals surface area (Å²) >= 11 is 0. The summed E-state index contributed by atoms with van der Waals surface area (Å²) < 4.78 is 10.9. The Bertz CT molecular complexity index is 570. The minimum atomic E-state index is 0. The molecule has 2 aliphatic rings. The van der Waals surface area contributed by atoms with E-state index in [-0.39, 0.29) is 30.0 Å². The van der Waals surface area contributed by atoms with Crippen LogP contribution in [0.4, 0.5) is 0 Å². The van der Waals surface area contributed by atoms with Crippen LogP contribution >= 0.6 is 24.0 Å². The zero-order valence-corrected chi connectivity index (χ0v) is 20.3. The van der Waals surface area contributed by atoms with E-state index >= 15 is 0 Å². The fourth-order valence-electron chi connectivity index (χ4n) is 4.23. The van der Waals surface area contributed by atoms with Crippen LogP contribution in [0.25, 0.3) is 0 Å². The highest BCUT2D eigenvalue weighted by molar-refractivity contribution is 14.0. The molecule has 29 heavy (non-hydrogen) atoms. The highest BCUT2D eigenvalue weighted by atomic mass is 127. The van der Waals surface area contributed by atoms with Crippen molar-refractivity contribution in [1.29, 1.82) is 0 Å². The van der Waals surface area contributed by atoms with Crippen molar-refractivity contribution >= 4 is 29.9 Å². The molecule has 1 atom stereocenters. The van der Waals surface area contributed by atoms with Crippen LogP contribution in [-0.4, -0.2) is 82.3 Å². The standard InChI is InChI=1S/C21H37N5O2.HI/c1-22-21(23-16-18-7-11-25(12-8-18)13-15-27-2)24-17-19(20-6-5-14-28-20)26-9-3-4-10-26;/h5-6,14,18-19H,3-4,7-13,15-17H2,1-2H3,(H2,22,23,24);1H. The summed E-state index contributed by atoms with van der Waals surface area (Å²) in [5.41, 5.74) is 0. The Morgan fingerprint density at radius 3 is 2.62 bits per heavy atom. The third-order valence-electron chi connectivity index (χ3n) is 6.02. The number of hydrogen-bond donors (Lipinski definition) is 2. The third kappa shape index (κ3) is 7.73. The van der Waals surface area contributed by atoms with Gasteiger partial charge in [0.15, 0.2) is 5.96 Å². The third-order valence-corrected chi connectivity index (χ3v) is 6.02. The van der Waals surface area contributed by atoms with Gasteiger partial charge in [-0.05, 0) is 69.9 Å². The van der Waals surface area contributed by atoms with E-state index in [1.807, 2.05) is 13.1 Å². The fourth-order valence-corrected chi connectivity index (χ4v) is 4.23. The van der Waals surface area contributed by atoms with Crippen LogP contribution < -0.4 is 10.6 Å². The summed E-state index contributed by atoms with van der Waals surface area (Å²) in [7, 11) is 3.62. The molecular weight excluding hydrogens is 481 g/mol. The second-order valence-electron chi connectivity index (χ2n) is 7.89. The normalized spacial score (nSPS) is 20.4. The topological polar surface area (TPSA) is 65.3 Å². The van der Waals surface area contributed by atoms with Crippen LogP contribution in [0.1, 0.15) is 37.5 Å². The van der Waals surface area contributed by atoms with E-state index in [0.717, 1.165) is 64.1 Å². The van der Waals surface area contributed by atoms with Gasteiger partial charge in [0, 0.05) is 33.8 Å². The summed E-state index contributed by atoms with van der Waals surface area (Å²) in [5.74, 6) is 2.63. The molecule has 3 heterocycles. The molecule has 1 aromatic rings. The first-order valence-electron chi connectivity index (χ1n) is 10.7. The van der Waals surface area contributed by atoms with Crippen molar-refractivity contribution in [2.75, 3.05) is 66.6 Å². The molecule has 0 radical (unpaired) electrons. The zero-order valence-electron chi connectivity index (χ0n) is 17.9. The molecule has 3 rings (SSSR count). The predicted molar refractivity (Wildman–Crippen MR) is 128 cm³/mol. The fraction of sp³-hybridized carbons (Fsp3) is 0.762. The lowest BCUT2D eigenvalue weighted by Crippen LogP contribution is -2.45. The molecule has 2 saturated heterocycles. The van der Waals surface area contributed by atoms with Gasteiger partial charge in [-0.2, -0.15) is 0 Å². The number of rotatable bonds is 9. The monoisotopic (exact) mass is 519 g/mol. The van der Waals surface area contributed by atoms with Crippen LogP contribution in [0.2, 0.25) is 0 Å². The minimum Gasteiger partial charge on any atom is -0.468 e. The predicted octanol–water partition coefficient (Wildman–Crippen LogP) is 2.56. The van der Waals surface area contributed by atoms with E-state index in [2.05, 4.69) is 31.5 Å². The number of methoxy groups -OCH3 is 1. The van der Waals surface area contributed by atoms with Crippen molar-refractivity contribution < 1.29 is 9.15 Å². The number of likely N-dealkylation sites (tertiary alicyclic amines) is 2. The summed E-state index contributed by atoms with van der Waals surface area (Å²) in [5, 5.41) is 7.06. The number of hydrogen-bond acceptors (Lipinski definition) is 5. The van der Waals surface area contributed by atoms with Gasteiger partial charge in [-0.1, -0.05) is 0 Å². The van der Waals surface area contributed by atoms with E-state index in [1.165, 1.54) is 25.7 Å². The Hall–Kier alpha value is -0.840. The zero-order chi connectivity index (χ0) is 19.6. The van der Waals surface area contributed by atoms with Gasteiger partial charge in [0.2, 0.25) is 0 Å². The second kappa shape index (κ2) is 13.5. The van der Waals surface area contributed by atoms with Crippen LogP contribution in [-0.2, 0) is 4.74 Å². The van der Waals surface area contributed by atoms with E-state index < -0.39 is 0 Å². The molecule has 8 heteroatoms. The van der Waals surface area contributed by atoms with Crippen LogP contribution in [0, 0.1) is 5.92 Å². The van der Waals surface area contributed by atoms with Crippen molar-refractivity contribution in [2.45, 2.75) is 31.7 Å². The Labute approximate surface area is 192 Å². The first-order chi connectivity index (χ1) is 13.8. The number of ether oxygens (including phenoxy) is 1. The van der Waals surface area contributed by atoms with Gasteiger partial charge >= 0.3 is 0 Å². The summed E-state index contributed by atoms with van der Waals surface area (Å²) in [6, 6.07) is 4.32. The van der Waals surface area contributed by atoms with Crippen molar-refractivity contribution in [3.8, 4) is 0 Å². The quantitative estimate of drug-likeness (QED) is 0.297. The Morgan fingerprint density at radius 2 is 2.00 bits per heavy atom. The molecular formula is C21H38IN5O2. The number of guanidine groups is 1. The lowest BCUT2D eigenvalue weighted by molar-refractivity contribution is 0.121. The molecule has 0 saturated carbocycles. The maximum atomic E-state index is 5.71. The highest BCUT2D eigenvalue weighted by Crippen LogP contribution is 2.24. The second-order valence-corrected chi connectivity index (χ2v) is 7.89. The van der Waals surface area contributed by atoms with Crippen LogP contribution in [0.3, 0.4) is 0 Å². The lowest BCUT2D eigenvalue weighted by atomic mass is 9.97. The average Bonchev–Trinajstić information content (AvgIpc) is 3.44.